The third-order valence-corrected chi connectivity index (χ3v) is 3.22. The number of carbonyl (C=O) groups is 1. The number of hydrogen-bond acceptors (Lipinski definition) is 5. The molecule has 112 valence electrons. The van der Waals surface area contributed by atoms with Crippen LogP contribution < -0.4 is 10.2 Å². The second-order valence-electron chi connectivity index (χ2n) is 4.77. The Kier molecular flexibility index (Phi) is 4.86. The van der Waals surface area contributed by atoms with Crippen LogP contribution in [-0.2, 0) is 17.9 Å². The molecule has 0 aliphatic carbocycles. The number of benzene rings is 1. The highest BCUT2D eigenvalue weighted by molar-refractivity contribution is 5.94. The molecule has 1 N–H and O–H groups in total. The van der Waals surface area contributed by atoms with Crippen LogP contribution in [-0.4, -0.2) is 33.2 Å². The summed E-state index contributed by atoms with van der Waals surface area (Å²) in [7, 11) is 1.75. The minimum Gasteiger partial charge on any atom is -0.376 e. The largest absolute Gasteiger partial charge is 0.376 e. The highest BCUT2D eigenvalue weighted by atomic mass is 16.2. The van der Waals surface area contributed by atoms with Crippen LogP contribution in [0.1, 0.15) is 26.1 Å². The van der Waals surface area contributed by atoms with Gasteiger partial charge in [0, 0.05) is 20.5 Å². The van der Waals surface area contributed by atoms with Gasteiger partial charge in [-0.05, 0) is 29.0 Å². The fourth-order valence-corrected chi connectivity index (χ4v) is 1.99. The molecule has 0 unspecified atom stereocenters. The molecule has 1 heterocycles. The fraction of sp³-hybridized carbons (Fsp3) is 0.429. The SMILES string of the molecule is CCCn1nnnc1CNc1ccccc1N(C)C(C)=O. The molecule has 1 amide bonds. The standard InChI is InChI=1S/C14H20N6O/c1-4-9-20-14(16-17-18-20)10-15-12-7-5-6-8-13(12)19(3)11(2)21/h5-8,15H,4,9-10H2,1-3H3. The number of carbonyl (C=O) groups excluding carboxylic acids is 1. The molecular formula is C14H20N6O. The van der Waals surface area contributed by atoms with Crippen LogP contribution in [0.3, 0.4) is 0 Å². The van der Waals surface area contributed by atoms with Crippen molar-refractivity contribution in [3.63, 3.8) is 0 Å². The lowest BCUT2D eigenvalue weighted by atomic mass is 10.2. The monoisotopic (exact) mass is 288 g/mol. The number of hydrogen-bond donors (Lipinski definition) is 1. The number of tetrazole rings is 1. The van der Waals surface area contributed by atoms with Gasteiger partial charge in [-0.1, -0.05) is 19.1 Å². The Morgan fingerprint density at radius 3 is 2.86 bits per heavy atom. The predicted octanol–water partition coefficient (Wildman–Crippen LogP) is 1.68. The molecule has 2 aromatic rings. The van der Waals surface area contributed by atoms with Gasteiger partial charge in [-0.15, -0.1) is 5.10 Å². The molecule has 0 aliphatic heterocycles. The first-order valence-electron chi connectivity index (χ1n) is 6.95. The van der Waals surface area contributed by atoms with Gasteiger partial charge in [0.25, 0.3) is 0 Å². The van der Waals surface area contributed by atoms with Crippen LogP contribution in [0.25, 0.3) is 0 Å². The summed E-state index contributed by atoms with van der Waals surface area (Å²) in [4.78, 5) is 13.1. The average Bonchev–Trinajstić information content (AvgIpc) is 2.92. The van der Waals surface area contributed by atoms with Crippen molar-refractivity contribution in [1.82, 2.24) is 20.2 Å². The number of nitrogens with one attached hydrogen (secondary N) is 1. The van der Waals surface area contributed by atoms with Crippen molar-refractivity contribution in [3.05, 3.63) is 30.1 Å². The number of amides is 1. The molecule has 1 aromatic carbocycles. The van der Waals surface area contributed by atoms with E-state index in [1.54, 1.807) is 23.6 Å². The highest BCUT2D eigenvalue weighted by Gasteiger charge is 2.11. The van der Waals surface area contributed by atoms with E-state index in [1.807, 2.05) is 24.3 Å². The van der Waals surface area contributed by atoms with Crippen LogP contribution in [0, 0.1) is 0 Å². The molecule has 7 nitrogen and oxygen atoms in total. The molecule has 7 heteroatoms. The summed E-state index contributed by atoms with van der Waals surface area (Å²) >= 11 is 0. The third-order valence-electron chi connectivity index (χ3n) is 3.22. The first kappa shape index (κ1) is 15.0. The van der Waals surface area contributed by atoms with Crippen LogP contribution in [0.2, 0.25) is 0 Å². The molecule has 0 radical (unpaired) electrons. The Morgan fingerprint density at radius 2 is 2.14 bits per heavy atom. The van der Waals surface area contributed by atoms with Crippen molar-refractivity contribution in [2.24, 2.45) is 0 Å². The quantitative estimate of drug-likeness (QED) is 0.875. The first-order valence-corrected chi connectivity index (χ1v) is 6.95. The zero-order valence-electron chi connectivity index (χ0n) is 12.6. The van der Waals surface area contributed by atoms with Gasteiger partial charge in [0.05, 0.1) is 17.9 Å². The number of nitrogens with zero attached hydrogens (tertiary/aromatic N) is 5. The van der Waals surface area contributed by atoms with Gasteiger partial charge in [0.15, 0.2) is 5.82 Å². The third kappa shape index (κ3) is 3.56. The molecule has 21 heavy (non-hydrogen) atoms. The molecule has 1 aromatic heterocycles. The van der Waals surface area contributed by atoms with Gasteiger partial charge >= 0.3 is 0 Å². The summed E-state index contributed by atoms with van der Waals surface area (Å²) in [6.45, 7) is 4.92. The van der Waals surface area contributed by atoms with Gasteiger partial charge in [0.2, 0.25) is 5.91 Å². The maximum Gasteiger partial charge on any atom is 0.223 e. The molecule has 0 saturated heterocycles. The van der Waals surface area contributed by atoms with E-state index in [0.29, 0.717) is 6.54 Å². The number of aromatic nitrogens is 4. The summed E-state index contributed by atoms with van der Waals surface area (Å²) in [5, 5.41) is 15.0. The van der Waals surface area contributed by atoms with Crippen LogP contribution in [0.5, 0.6) is 0 Å². The van der Waals surface area contributed by atoms with E-state index in [-0.39, 0.29) is 5.91 Å². The van der Waals surface area contributed by atoms with Crippen molar-refractivity contribution in [1.29, 1.82) is 0 Å². The highest BCUT2D eigenvalue weighted by Crippen LogP contribution is 2.24. The smallest absolute Gasteiger partial charge is 0.223 e. The van der Waals surface area contributed by atoms with E-state index in [9.17, 15) is 4.79 Å². The lowest BCUT2D eigenvalue weighted by molar-refractivity contribution is -0.116. The Balaban J connectivity index is 2.13. The number of anilines is 2. The van der Waals surface area contributed by atoms with E-state index < -0.39 is 0 Å². The van der Waals surface area contributed by atoms with Crippen molar-refractivity contribution in [3.8, 4) is 0 Å². The Morgan fingerprint density at radius 1 is 1.38 bits per heavy atom. The molecule has 0 saturated carbocycles. The number of aryl methyl sites for hydroxylation is 1. The average molecular weight is 288 g/mol. The molecule has 2 rings (SSSR count). The van der Waals surface area contributed by atoms with E-state index in [1.165, 1.54) is 0 Å². The van der Waals surface area contributed by atoms with Gasteiger partial charge in [-0.3, -0.25) is 4.79 Å². The predicted molar refractivity (Wildman–Crippen MR) is 81.0 cm³/mol. The number of para-hydroxylation sites is 2. The van der Waals surface area contributed by atoms with Gasteiger partial charge in [0.1, 0.15) is 0 Å². The number of rotatable bonds is 6. The summed E-state index contributed by atoms with van der Waals surface area (Å²) in [6, 6.07) is 7.66. The van der Waals surface area contributed by atoms with Gasteiger partial charge < -0.3 is 10.2 Å². The summed E-state index contributed by atoms with van der Waals surface area (Å²) in [6.07, 6.45) is 0.974. The second kappa shape index (κ2) is 6.83. The minimum absolute atomic E-state index is 0.0138. The normalized spacial score (nSPS) is 10.4. The van der Waals surface area contributed by atoms with Crippen molar-refractivity contribution < 1.29 is 4.79 Å². The first-order chi connectivity index (χ1) is 10.1. The van der Waals surface area contributed by atoms with Gasteiger partial charge in [-0.25, -0.2) is 4.68 Å². The maximum atomic E-state index is 11.5. The second-order valence-corrected chi connectivity index (χ2v) is 4.77. The summed E-state index contributed by atoms with van der Waals surface area (Å²) in [5.74, 6) is 0.761. The molecule has 0 fully saturated rings. The van der Waals surface area contributed by atoms with Crippen molar-refractivity contribution >= 4 is 17.3 Å². The minimum atomic E-state index is -0.0138. The van der Waals surface area contributed by atoms with Crippen molar-refractivity contribution in [2.75, 3.05) is 17.3 Å². The molecule has 0 aliphatic rings. The van der Waals surface area contributed by atoms with E-state index >= 15 is 0 Å². The van der Waals surface area contributed by atoms with Crippen LogP contribution in [0.15, 0.2) is 24.3 Å². The van der Waals surface area contributed by atoms with Crippen LogP contribution in [0.4, 0.5) is 11.4 Å². The Labute approximate surface area is 123 Å². The van der Waals surface area contributed by atoms with Gasteiger partial charge in [-0.2, -0.15) is 0 Å². The fourth-order valence-electron chi connectivity index (χ4n) is 1.99. The molecule has 0 atom stereocenters. The van der Waals surface area contributed by atoms with Crippen LogP contribution >= 0.6 is 0 Å². The van der Waals surface area contributed by atoms with Crippen molar-refractivity contribution in [2.45, 2.75) is 33.4 Å². The zero-order valence-corrected chi connectivity index (χ0v) is 12.6. The van der Waals surface area contributed by atoms with E-state index in [0.717, 1.165) is 30.2 Å². The molecule has 0 bridgehead atoms. The zero-order chi connectivity index (χ0) is 15.2. The Hall–Kier alpha value is -2.44. The van der Waals surface area contributed by atoms with E-state index in [2.05, 4.69) is 27.8 Å². The Bertz CT molecular complexity index is 609. The lowest BCUT2D eigenvalue weighted by Gasteiger charge is -2.19. The molecular weight excluding hydrogens is 268 g/mol. The summed E-state index contributed by atoms with van der Waals surface area (Å²) in [5.41, 5.74) is 1.71. The van der Waals surface area contributed by atoms with E-state index in [4.69, 9.17) is 0 Å². The molecule has 0 spiro atoms. The summed E-state index contributed by atoms with van der Waals surface area (Å²) < 4.78 is 1.78. The lowest BCUT2D eigenvalue weighted by Crippen LogP contribution is -2.24. The maximum absolute atomic E-state index is 11.5. The topological polar surface area (TPSA) is 75.9 Å².